The van der Waals surface area contributed by atoms with Crippen molar-refractivity contribution in [2.24, 2.45) is 0 Å². The smallest absolute Gasteiger partial charge is 0.123 e. The summed E-state index contributed by atoms with van der Waals surface area (Å²) in [4.78, 5) is 0. The van der Waals surface area contributed by atoms with Crippen LogP contribution < -0.4 is 5.32 Å². The fourth-order valence-electron chi connectivity index (χ4n) is 2.31. The summed E-state index contributed by atoms with van der Waals surface area (Å²) in [5.41, 5.74) is 2.41. The van der Waals surface area contributed by atoms with Gasteiger partial charge in [-0.15, -0.1) is 0 Å². The highest BCUT2D eigenvalue weighted by atomic mass is 79.9. The van der Waals surface area contributed by atoms with Crippen LogP contribution in [0.5, 0.6) is 0 Å². The molecule has 2 rings (SSSR count). The number of hydrogen-bond donors (Lipinski definition) is 1. The van der Waals surface area contributed by atoms with Crippen LogP contribution in [0, 0.1) is 5.82 Å². The topological polar surface area (TPSA) is 12.0 Å². The molecule has 0 saturated heterocycles. The predicted octanol–water partition coefficient (Wildman–Crippen LogP) is 4.87. The van der Waals surface area contributed by atoms with E-state index in [0.29, 0.717) is 6.04 Å². The number of nitrogens with one attached hydrogen (secondary N) is 1. The fourth-order valence-corrected chi connectivity index (χ4v) is 2.57. The lowest BCUT2D eigenvalue weighted by molar-refractivity contribution is 0.476. The molecular formula is C17H19BrFN. The van der Waals surface area contributed by atoms with Gasteiger partial charge in [-0.1, -0.05) is 40.2 Å². The lowest BCUT2D eigenvalue weighted by Crippen LogP contribution is -2.30. The minimum absolute atomic E-state index is 0.191. The second-order valence-corrected chi connectivity index (χ2v) is 6.09. The summed E-state index contributed by atoms with van der Waals surface area (Å²) in [5.74, 6) is -0.191. The molecule has 2 atom stereocenters. The summed E-state index contributed by atoms with van der Waals surface area (Å²) in [6.07, 6.45) is 0.971. The Morgan fingerprint density at radius 2 is 1.60 bits per heavy atom. The Morgan fingerprint density at radius 3 is 2.20 bits per heavy atom. The molecule has 0 spiro atoms. The Kier molecular flexibility index (Phi) is 5.32. The molecule has 0 amide bonds. The number of hydrogen-bond acceptors (Lipinski definition) is 1. The van der Waals surface area contributed by atoms with Crippen molar-refractivity contribution >= 4 is 15.9 Å². The van der Waals surface area contributed by atoms with Gasteiger partial charge in [0.2, 0.25) is 0 Å². The lowest BCUT2D eigenvalue weighted by Gasteiger charge is -2.20. The van der Waals surface area contributed by atoms with E-state index in [4.69, 9.17) is 0 Å². The normalized spacial score (nSPS) is 14.0. The molecular weight excluding hydrogens is 317 g/mol. The number of benzene rings is 2. The van der Waals surface area contributed by atoms with E-state index in [1.54, 1.807) is 0 Å². The molecule has 2 aromatic carbocycles. The molecule has 1 nitrogen and oxygen atoms in total. The zero-order valence-corrected chi connectivity index (χ0v) is 13.3. The van der Waals surface area contributed by atoms with Crippen molar-refractivity contribution in [1.29, 1.82) is 0 Å². The van der Waals surface area contributed by atoms with Gasteiger partial charge in [-0.25, -0.2) is 4.39 Å². The third-order valence-electron chi connectivity index (χ3n) is 3.36. The minimum atomic E-state index is -0.191. The fraction of sp³-hybridized carbons (Fsp3) is 0.294. The van der Waals surface area contributed by atoms with Crippen LogP contribution in [0.3, 0.4) is 0 Å². The van der Waals surface area contributed by atoms with Crippen molar-refractivity contribution in [1.82, 2.24) is 5.32 Å². The molecule has 20 heavy (non-hydrogen) atoms. The first kappa shape index (κ1) is 15.2. The van der Waals surface area contributed by atoms with E-state index in [2.05, 4.69) is 59.4 Å². The van der Waals surface area contributed by atoms with Crippen molar-refractivity contribution in [2.45, 2.75) is 32.4 Å². The first-order valence-corrected chi connectivity index (χ1v) is 7.60. The van der Waals surface area contributed by atoms with Gasteiger partial charge < -0.3 is 5.32 Å². The van der Waals surface area contributed by atoms with Crippen LogP contribution in [-0.4, -0.2) is 6.04 Å². The van der Waals surface area contributed by atoms with Crippen molar-refractivity contribution in [3.8, 4) is 0 Å². The molecule has 106 valence electrons. The van der Waals surface area contributed by atoms with Gasteiger partial charge in [-0.05, 0) is 55.7 Å². The number of halogens is 2. The summed E-state index contributed by atoms with van der Waals surface area (Å²) >= 11 is 3.44. The molecule has 0 heterocycles. The summed E-state index contributed by atoms with van der Waals surface area (Å²) in [6, 6.07) is 15.6. The maximum Gasteiger partial charge on any atom is 0.123 e. The molecule has 0 aliphatic heterocycles. The summed E-state index contributed by atoms with van der Waals surface area (Å²) in [5, 5.41) is 3.54. The number of rotatable bonds is 5. The van der Waals surface area contributed by atoms with Gasteiger partial charge in [0.25, 0.3) is 0 Å². The summed E-state index contributed by atoms with van der Waals surface area (Å²) < 4.78 is 14.0. The SMILES string of the molecule is CC(Cc1ccc(Br)cc1)N[C@H](C)c1ccc(F)cc1. The first-order chi connectivity index (χ1) is 9.54. The van der Waals surface area contributed by atoms with Gasteiger partial charge in [0.05, 0.1) is 0 Å². The Balaban J connectivity index is 1.92. The van der Waals surface area contributed by atoms with Gasteiger partial charge in [0.15, 0.2) is 0 Å². The van der Waals surface area contributed by atoms with E-state index in [-0.39, 0.29) is 11.9 Å². The highest BCUT2D eigenvalue weighted by Crippen LogP contribution is 2.16. The zero-order valence-electron chi connectivity index (χ0n) is 11.7. The van der Waals surface area contributed by atoms with Gasteiger partial charge in [0, 0.05) is 16.6 Å². The van der Waals surface area contributed by atoms with Gasteiger partial charge in [-0.3, -0.25) is 0 Å². The van der Waals surface area contributed by atoms with Crippen LogP contribution in [0.15, 0.2) is 53.0 Å². The zero-order chi connectivity index (χ0) is 14.5. The van der Waals surface area contributed by atoms with Crippen molar-refractivity contribution in [3.63, 3.8) is 0 Å². The second kappa shape index (κ2) is 7.00. The van der Waals surface area contributed by atoms with E-state index in [0.717, 1.165) is 16.5 Å². The van der Waals surface area contributed by atoms with Crippen LogP contribution in [0.4, 0.5) is 4.39 Å². The van der Waals surface area contributed by atoms with Crippen molar-refractivity contribution in [3.05, 3.63) is 69.9 Å². The standard InChI is InChI=1S/C17H19BrFN/c1-12(11-14-3-7-16(18)8-4-14)20-13(2)15-5-9-17(19)10-6-15/h3-10,12-13,20H,11H2,1-2H3/t12?,13-/m1/s1. The third-order valence-corrected chi connectivity index (χ3v) is 3.89. The van der Waals surface area contributed by atoms with Crippen LogP contribution >= 0.6 is 15.9 Å². The molecule has 0 fully saturated rings. The van der Waals surface area contributed by atoms with E-state index >= 15 is 0 Å². The van der Waals surface area contributed by atoms with Crippen LogP contribution in [0.2, 0.25) is 0 Å². The summed E-state index contributed by atoms with van der Waals surface area (Å²) in [6.45, 7) is 4.27. The molecule has 0 aliphatic rings. The molecule has 0 aromatic heterocycles. The Hall–Kier alpha value is -1.19. The molecule has 0 radical (unpaired) electrons. The van der Waals surface area contributed by atoms with E-state index in [9.17, 15) is 4.39 Å². The van der Waals surface area contributed by atoms with E-state index in [1.807, 2.05) is 12.1 Å². The predicted molar refractivity (Wildman–Crippen MR) is 85.3 cm³/mol. The molecule has 0 saturated carbocycles. The monoisotopic (exact) mass is 335 g/mol. The van der Waals surface area contributed by atoms with Crippen molar-refractivity contribution < 1.29 is 4.39 Å². The lowest BCUT2D eigenvalue weighted by atomic mass is 10.0. The van der Waals surface area contributed by atoms with Crippen LogP contribution in [-0.2, 0) is 6.42 Å². The Labute approximate surface area is 128 Å². The average Bonchev–Trinajstić information content (AvgIpc) is 2.42. The van der Waals surface area contributed by atoms with E-state index < -0.39 is 0 Å². The molecule has 3 heteroatoms. The second-order valence-electron chi connectivity index (χ2n) is 5.17. The highest BCUT2D eigenvalue weighted by Gasteiger charge is 2.10. The summed E-state index contributed by atoms with van der Waals surface area (Å²) in [7, 11) is 0. The maximum atomic E-state index is 12.9. The molecule has 0 aliphatic carbocycles. The third kappa shape index (κ3) is 4.43. The van der Waals surface area contributed by atoms with Gasteiger partial charge in [-0.2, -0.15) is 0 Å². The average molecular weight is 336 g/mol. The molecule has 2 aromatic rings. The van der Waals surface area contributed by atoms with Gasteiger partial charge in [0.1, 0.15) is 5.82 Å². The Morgan fingerprint density at radius 1 is 1.00 bits per heavy atom. The highest BCUT2D eigenvalue weighted by molar-refractivity contribution is 9.10. The minimum Gasteiger partial charge on any atom is -0.307 e. The van der Waals surface area contributed by atoms with E-state index in [1.165, 1.54) is 17.7 Å². The largest absolute Gasteiger partial charge is 0.307 e. The molecule has 1 N–H and O–H groups in total. The quantitative estimate of drug-likeness (QED) is 0.821. The first-order valence-electron chi connectivity index (χ1n) is 6.80. The van der Waals surface area contributed by atoms with Crippen LogP contribution in [0.1, 0.15) is 31.0 Å². The molecule has 1 unspecified atom stereocenters. The molecule has 0 bridgehead atoms. The van der Waals surface area contributed by atoms with Gasteiger partial charge >= 0.3 is 0 Å². The maximum absolute atomic E-state index is 12.9. The van der Waals surface area contributed by atoms with Crippen molar-refractivity contribution in [2.75, 3.05) is 0 Å². The Bertz CT molecular complexity index is 536. The van der Waals surface area contributed by atoms with Crippen LogP contribution in [0.25, 0.3) is 0 Å².